The average Bonchev–Trinajstić information content (AvgIpc) is 2.82. The molecular weight excluding hydrogens is 338 g/mol. The number of hydrogen-bond acceptors (Lipinski definition) is 3. The number of carbonyl (C=O) groups excluding carboxylic acids is 1. The van der Waals surface area contributed by atoms with Gasteiger partial charge < -0.3 is 10.4 Å². The lowest BCUT2D eigenvalue weighted by molar-refractivity contribution is 0.0696. The summed E-state index contributed by atoms with van der Waals surface area (Å²) in [6.45, 7) is 1.92. The Morgan fingerprint density at radius 2 is 2.14 bits per heavy atom. The van der Waals surface area contributed by atoms with Gasteiger partial charge in [-0.25, -0.2) is 4.79 Å². The third-order valence-corrected chi connectivity index (χ3v) is 3.64. The highest BCUT2D eigenvalue weighted by Crippen LogP contribution is 2.24. The SMILES string of the molecule is CCc1nn(C)cc1C(=O)Nc1cc(C(=O)O)ccc1Br. The van der Waals surface area contributed by atoms with Crippen LogP contribution in [0.1, 0.15) is 33.3 Å². The molecule has 110 valence electrons. The highest BCUT2D eigenvalue weighted by atomic mass is 79.9. The Morgan fingerprint density at radius 1 is 1.43 bits per heavy atom. The first-order valence-electron chi connectivity index (χ1n) is 6.29. The summed E-state index contributed by atoms with van der Waals surface area (Å²) < 4.78 is 2.19. The van der Waals surface area contributed by atoms with Gasteiger partial charge in [-0.2, -0.15) is 5.10 Å². The topological polar surface area (TPSA) is 84.2 Å². The van der Waals surface area contributed by atoms with Gasteiger partial charge in [0.05, 0.1) is 22.5 Å². The average molecular weight is 352 g/mol. The third kappa shape index (κ3) is 3.30. The number of halogens is 1. The van der Waals surface area contributed by atoms with Crippen LogP contribution in [0.5, 0.6) is 0 Å². The van der Waals surface area contributed by atoms with Gasteiger partial charge in [-0.3, -0.25) is 9.48 Å². The van der Waals surface area contributed by atoms with E-state index in [0.29, 0.717) is 27.8 Å². The molecular formula is C14H14BrN3O3. The van der Waals surface area contributed by atoms with E-state index in [9.17, 15) is 9.59 Å². The Kier molecular flexibility index (Phi) is 4.42. The van der Waals surface area contributed by atoms with Crippen molar-refractivity contribution >= 4 is 33.5 Å². The maximum atomic E-state index is 12.3. The maximum absolute atomic E-state index is 12.3. The van der Waals surface area contributed by atoms with Crippen LogP contribution in [-0.2, 0) is 13.5 Å². The van der Waals surface area contributed by atoms with Crippen molar-refractivity contribution < 1.29 is 14.7 Å². The van der Waals surface area contributed by atoms with E-state index in [2.05, 4.69) is 26.3 Å². The van der Waals surface area contributed by atoms with Crippen LogP contribution in [0, 0.1) is 0 Å². The second-order valence-electron chi connectivity index (χ2n) is 4.47. The molecule has 0 aliphatic carbocycles. The van der Waals surface area contributed by atoms with E-state index in [4.69, 9.17) is 5.11 Å². The Hall–Kier alpha value is -2.15. The number of aromatic nitrogens is 2. The highest BCUT2D eigenvalue weighted by molar-refractivity contribution is 9.10. The molecule has 0 unspecified atom stereocenters. The fourth-order valence-corrected chi connectivity index (χ4v) is 2.27. The van der Waals surface area contributed by atoms with E-state index in [1.54, 1.807) is 24.0 Å². The normalized spacial score (nSPS) is 10.4. The smallest absolute Gasteiger partial charge is 0.335 e. The molecule has 0 aliphatic heterocycles. The lowest BCUT2D eigenvalue weighted by Gasteiger charge is -2.08. The Balaban J connectivity index is 2.31. The minimum Gasteiger partial charge on any atom is -0.478 e. The lowest BCUT2D eigenvalue weighted by atomic mass is 10.1. The molecule has 0 radical (unpaired) electrons. The first-order valence-corrected chi connectivity index (χ1v) is 7.08. The standard InChI is InChI=1S/C14H14BrN3O3/c1-3-11-9(7-18(2)17-11)13(19)16-12-6-8(14(20)21)4-5-10(12)15/h4-7H,3H2,1-2H3,(H,16,19)(H,20,21). The molecule has 21 heavy (non-hydrogen) atoms. The first-order chi connectivity index (χ1) is 9.92. The second-order valence-corrected chi connectivity index (χ2v) is 5.32. The van der Waals surface area contributed by atoms with Gasteiger partial charge in [-0.15, -0.1) is 0 Å². The summed E-state index contributed by atoms with van der Waals surface area (Å²) in [6.07, 6.45) is 2.28. The summed E-state index contributed by atoms with van der Waals surface area (Å²) >= 11 is 3.29. The molecule has 0 spiro atoms. The maximum Gasteiger partial charge on any atom is 0.335 e. The van der Waals surface area contributed by atoms with Crippen LogP contribution >= 0.6 is 15.9 Å². The van der Waals surface area contributed by atoms with Crippen molar-refractivity contribution in [1.82, 2.24) is 9.78 Å². The van der Waals surface area contributed by atoms with Gasteiger partial charge in [0.25, 0.3) is 5.91 Å². The summed E-state index contributed by atoms with van der Waals surface area (Å²) in [5.74, 6) is -1.36. The van der Waals surface area contributed by atoms with Gasteiger partial charge in [0.1, 0.15) is 0 Å². The molecule has 1 aromatic carbocycles. The quantitative estimate of drug-likeness (QED) is 0.886. The van der Waals surface area contributed by atoms with Crippen molar-refractivity contribution in [2.24, 2.45) is 7.05 Å². The summed E-state index contributed by atoms with van der Waals surface area (Å²) in [4.78, 5) is 23.3. The number of carboxylic acid groups (broad SMARTS) is 1. The third-order valence-electron chi connectivity index (χ3n) is 2.95. The summed E-state index contributed by atoms with van der Waals surface area (Å²) in [7, 11) is 1.75. The number of aromatic carboxylic acids is 1. The molecule has 1 amide bonds. The molecule has 1 heterocycles. The fourth-order valence-electron chi connectivity index (χ4n) is 1.93. The number of carbonyl (C=O) groups is 2. The van der Waals surface area contributed by atoms with Gasteiger partial charge in [-0.1, -0.05) is 6.92 Å². The molecule has 0 aliphatic rings. The second kappa shape index (κ2) is 6.09. The Bertz CT molecular complexity index is 709. The minimum absolute atomic E-state index is 0.107. The minimum atomic E-state index is -1.05. The van der Waals surface area contributed by atoms with Crippen molar-refractivity contribution in [3.8, 4) is 0 Å². The summed E-state index contributed by atoms with van der Waals surface area (Å²) in [5.41, 5.74) is 1.69. The highest BCUT2D eigenvalue weighted by Gasteiger charge is 2.16. The van der Waals surface area contributed by atoms with Crippen LogP contribution < -0.4 is 5.32 Å². The molecule has 0 saturated carbocycles. The number of carboxylic acids is 1. The molecule has 2 N–H and O–H groups in total. The number of benzene rings is 1. The first kappa shape index (κ1) is 15.2. The molecule has 2 aromatic rings. The van der Waals surface area contributed by atoms with Crippen LogP contribution in [0.25, 0.3) is 0 Å². The van der Waals surface area contributed by atoms with Crippen LogP contribution in [0.4, 0.5) is 5.69 Å². The van der Waals surface area contributed by atoms with Gasteiger partial charge in [0, 0.05) is 17.7 Å². The van der Waals surface area contributed by atoms with Crippen molar-refractivity contribution in [2.75, 3.05) is 5.32 Å². The van der Waals surface area contributed by atoms with Gasteiger partial charge in [0.2, 0.25) is 0 Å². The molecule has 0 atom stereocenters. The molecule has 0 fully saturated rings. The number of amides is 1. The Morgan fingerprint density at radius 3 is 2.76 bits per heavy atom. The van der Waals surface area contributed by atoms with Crippen LogP contribution in [0.15, 0.2) is 28.9 Å². The van der Waals surface area contributed by atoms with Crippen molar-refractivity contribution in [3.05, 3.63) is 45.7 Å². The van der Waals surface area contributed by atoms with Crippen molar-refractivity contribution in [3.63, 3.8) is 0 Å². The number of hydrogen-bond donors (Lipinski definition) is 2. The van der Waals surface area contributed by atoms with E-state index in [0.717, 1.165) is 0 Å². The summed E-state index contributed by atoms with van der Waals surface area (Å²) in [6, 6.07) is 4.46. The van der Waals surface area contributed by atoms with Crippen molar-refractivity contribution in [2.45, 2.75) is 13.3 Å². The zero-order valence-electron chi connectivity index (χ0n) is 11.6. The molecule has 7 heteroatoms. The number of nitrogens with zero attached hydrogens (tertiary/aromatic N) is 2. The number of rotatable bonds is 4. The fraction of sp³-hybridized carbons (Fsp3) is 0.214. The van der Waals surface area contributed by atoms with Crippen LogP contribution in [-0.4, -0.2) is 26.8 Å². The molecule has 6 nitrogen and oxygen atoms in total. The van der Waals surface area contributed by atoms with E-state index >= 15 is 0 Å². The van der Waals surface area contributed by atoms with Crippen LogP contribution in [0.2, 0.25) is 0 Å². The number of nitrogens with one attached hydrogen (secondary N) is 1. The van der Waals surface area contributed by atoms with E-state index in [-0.39, 0.29) is 11.5 Å². The number of aryl methyl sites for hydroxylation is 2. The molecule has 2 rings (SSSR count). The Labute approximate surface area is 129 Å². The van der Waals surface area contributed by atoms with E-state index in [1.165, 1.54) is 12.1 Å². The van der Waals surface area contributed by atoms with E-state index < -0.39 is 5.97 Å². The van der Waals surface area contributed by atoms with Gasteiger partial charge >= 0.3 is 5.97 Å². The van der Waals surface area contributed by atoms with Gasteiger partial charge in [0.15, 0.2) is 0 Å². The molecule has 0 saturated heterocycles. The molecule has 0 bridgehead atoms. The lowest BCUT2D eigenvalue weighted by Crippen LogP contribution is -2.14. The predicted molar refractivity (Wildman–Crippen MR) is 81.6 cm³/mol. The number of anilines is 1. The predicted octanol–water partition coefficient (Wildman–Crippen LogP) is 2.70. The van der Waals surface area contributed by atoms with E-state index in [1.807, 2.05) is 6.92 Å². The van der Waals surface area contributed by atoms with Crippen molar-refractivity contribution in [1.29, 1.82) is 0 Å². The zero-order chi connectivity index (χ0) is 15.6. The van der Waals surface area contributed by atoms with Gasteiger partial charge in [-0.05, 0) is 40.5 Å². The molecule has 1 aromatic heterocycles. The van der Waals surface area contributed by atoms with Crippen LogP contribution in [0.3, 0.4) is 0 Å². The zero-order valence-corrected chi connectivity index (χ0v) is 13.1. The monoisotopic (exact) mass is 351 g/mol. The largest absolute Gasteiger partial charge is 0.478 e. The summed E-state index contributed by atoms with van der Waals surface area (Å²) in [5, 5.41) is 15.9.